The van der Waals surface area contributed by atoms with Gasteiger partial charge in [-0.2, -0.15) is 0 Å². The van der Waals surface area contributed by atoms with Gasteiger partial charge in [-0.25, -0.2) is 0 Å². The molecular formula is C24H29N3O2. The summed E-state index contributed by atoms with van der Waals surface area (Å²) < 4.78 is 0. The Bertz CT molecular complexity index is 857. The van der Waals surface area contributed by atoms with Crippen LogP contribution in [-0.4, -0.2) is 59.7 Å². The number of nitrogens with zero attached hydrogens (tertiary/aromatic N) is 3. The normalized spacial score (nSPS) is 22.9. The monoisotopic (exact) mass is 391 g/mol. The Balaban J connectivity index is 1.42. The van der Waals surface area contributed by atoms with E-state index < -0.39 is 0 Å². The molecule has 2 heterocycles. The van der Waals surface area contributed by atoms with E-state index in [-0.39, 0.29) is 23.8 Å². The van der Waals surface area contributed by atoms with E-state index in [1.165, 1.54) is 11.1 Å². The molecule has 152 valence electrons. The minimum Gasteiger partial charge on any atom is -0.340 e. The Hall–Kier alpha value is -2.66. The molecule has 2 fully saturated rings. The zero-order valence-corrected chi connectivity index (χ0v) is 17.3. The van der Waals surface area contributed by atoms with Crippen LogP contribution in [0.25, 0.3) is 0 Å². The molecule has 0 saturated carbocycles. The maximum Gasteiger partial charge on any atom is 0.228 e. The molecule has 0 aliphatic carbocycles. The van der Waals surface area contributed by atoms with Crippen LogP contribution in [0, 0.1) is 12.8 Å². The fourth-order valence-corrected chi connectivity index (χ4v) is 4.51. The van der Waals surface area contributed by atoms with Crippen molar-refractivity contribution in [1.82, 2.24) is 14.7 Å². The Morgan fingerprint density at radius 3 is 2.28 bits per heavy atom. The number of benzene rings is 2. The zero-order chi connectivity index (χ0) is 20.4. The van der Waals surface area contributed by atoms with Gasteiger partial charge in [0.1, 0.15) is 0 Å². The molecule has 29 heavy (non-hydrogen) atoms. The van der Waals surface area contributed by atoms with Crippen LogP contribution >= 0.6 is 0 Å². The van der Waals surface area contributed by atoms with E-state index in [0.29, 0.717) is 6.42 Å². The number of carbonyl (C=O) groups excluding carboxylic acids is 2. The Morgan fingerprint density at radius 2 is 1.62 bits per heavy atom. The van der Waals surface area contributed by atoms with Crippen molar-refractivity contribution < 1.29 is 9.59 Å². The maximum atomic E-state index is 13.3. The first-order valence-corrected chi connectivity index (χ1v) is 10.4. The number of hydrogen-bond donors (Lipinski definition) is 0. The maximum absolute atomic E-state index is 13.3. The number of aryl methyl sites for hydroxylation is 1. The fourth-order valence-electron chi connectivity index (χ4n) is 4.51. The van der Waals surface area contributed by atoms with Gasteiger partial charge in [-0.3, -0.25) is 14.5 Å². The summed E-state index contributed by atoms with van der Waals surface area (Å²) in [6, 6.07) is 18.5. The third kappa shape index (κ3) is 4.20. The second-order valence-electron chi connectivity index (χ2n) is 8.26. The molecule has 0 unspecified atom stereocenters. The molecule has 0 bridgehead atoms. The largest absolute Gasteiger partial charge is 0.340 e. The topological polar surface area (TPSA) is 43.9 Å². The Labute approximate surface area is 172 Å². The number of likely N-dealkylation sites (tertiary alicyclic amines) is 1. The van der Waals surface area contributed by atoms with E-state index in [1.807, 2.05) is 37.1 Å². The van der Waals surface area contributed by atoms with E-state index in [4.69, 9.17) is 0 Å². The summed E-state index contributed by atoms with van der Waals surface area (Å²) in [4.78, 5) is 31.9. The zero-order valence-electron chi connectivity index (χ0n) is 17.3. The summed E-state index contributed by atoms with van der Waals surface area (Å²) in [6.07, 6.45) is 0.304. The van der Waals surface area contributed by atoms with E-state index >= 15 is 0 Å². The SMILES string of the molecule is Cc1ccc([C@H]2[C@@H](C(=O)N3CCN(Cc4ccccc4)CC3)CC(=O)N2C)cc1. The summed E-state index contributed by atoms with van der Waals surface area (Å²) in [7, 11) is 1.82. The highest BCUT2D eigenvalue weighted by molar-refractivity contribution is 5.90. The lowest BCUT2D eigenvalue weighted by Gasteiger charge is -2.37. The van der Waals surface area contributed by atoms with Crippen LogP contribution < -0.4 is 0 Å². The molecule has 4 rings (SSSR count). The van der Waals surface area contributed by atoms with Crippen LogP contribution in [0.4, 0.5) is 0 Å². The van der Waals surface area contributed by atoms with Crippen molar-refractivity contribution in [2.45, 2.75) is 25.9 Å². The number of carbonyl (C=O) groups is 2. The van der Waals surface area contributed by atoms with Crippen LogP contribution in [-0.2, 0) is 16.1 Å². The minimum absolute atomic E-state index is 0.0524. The molecule has 2 amide bonds. The standard InChI is InChI=1S/C24H29N3O2/c1-18-8-10-20(11-9-18)23-21(16-22(28)25(23)2)24(29)27-14-12-26(13-15-27)17-19-6-4-3-5-7-19/h3-11,21,23H,12-17H2,1-2H3/t21-,23-/m0/s1. The van der Waals surface area contributed by atoms with Crippen molar-refractivity contribution in [1.29, 1.82) is 0 Å². The van der Waals surface area contributed by atoms with Gasteiger partial charge in [0.05, 0.1) is 12.0 Å². The quantitative estimate of drug-likeness (QED) is 0.805. The molecule has 5 heteroatoms. The molecular weight excluding hydrogens is 362 g/mol. The van der Waals surface area contributed by atoms with Gasteiger partial charge in [0.2, 0.25) is 11.8 Å². The van der Waals surface area contributed by atoms with Crippen LogP contribution in [0.1, 0.15) is 29.2 Å². The minimum atomic E-state index is -0.295. The van der Waals surface area contributed by atoms with Gasteiger partial charge < -0.3 is 9.80 Å². The number of piperazine rings is 1. The number of amides is 2. The van der Waals surface area contributed by atoms with Crippen molar-refractivity contribution in [2.75, 3.05) is 33.2 Å². The lowest BCUT2D eigenvalue weighted by Crippen LogP contribution is -2.50. The first-order valence-electron chi connectivity index (χ1n) is 10.4. The van der Waals surface area contributed by atoms with Crippen LogP contribution in [0.5, 0.6) is 0 Å². The summed E-state index contributed by atoms with van der Waals surface area (Å²) >= 11 is 0. The molecule has 2 atom stereocenters. The Kier molecular flexibility index (Phi) is 5.67. The molecule has 2 aliphatic heterocycles. The first kappa shape index (κ1) is 19.6. The molecule has 0 spiro atoms. The molecule has 2 aromatic carbocycles. The van der Waals surface area contributed by atoms with Gasteiger partial charge in [-0.1, -0.05) is 60.2 Å². The third-order valence-electron chi connectivity index (χ3n) is 6.26. The van der Waals surface area contributed by atoms with Crippen LogP contribution in [0.15, 0.2) is 54.6 Å². The molecule has 0 radical (unpaired) electrons. The summed E-state index contributed by atoms with van der Waals surface area (Å²) in [5, 5.41) is 0. The molecule has 2 saturated heterocycles. The predicted octanol–water partition coefficient (Wildman–Crippen LogP) is 2.86. The summed E-state index contributed by atoms with van der Waals surface area (Å²) in [5.41, 5.74) is 3.53. The van der Waals surface area contributed by atoms with E-state index in [9.17, 15) is 9.59 Å². The summed E-state index contributed by atoms with van der Waals surface area (Å²) in [5.74, 6) is -0.125. The molecule has 2 aromatic rings. The molecule has 2 aliphatic rings. The van der Waals surface area contributed by atoms with Crippen molar-refractivity contribution in [3.05, 3.63) is 71.3 Å². The average Bonchev–Trinajstić information content (AvgIpc) is 3.04. The average molecular weight is 392 g/mol. The smallest absolute Gasteiger partial charge is 0.228 e. The van der Waals surface area contributed by atoms with Gasteiger partial charge >= 0.3 is 0 Å². The van der Waals surface area contributed by atoms with Gasteiger partial charge in [-0.05, 0) is 18.1 Å². The fraction of sp³-hybridized carbons (Fsp3) is 0.417. The van der Waals surface area contributed by atoms with E-state index in [0.717, 1.165) is 38.3 Å². The van der Waals surface area contributed by atoms with Crippen LogP contribution in [0.2, 0.25) is 0 Å². The van der Waals surface area contributed by atoms with Crippen molar-refractivity contribution >= 4 is 11.8 Å². The van der Waals surface area contributed by atoms with Crippen molar-refractivity contribution in [3.8, 4) is 0 Å². The van der Waals surface area contributed by atoms with Crippen molar-refractivity contribution in [2.24, 2.45) is 5.92 Å². The predicted molar refractivity (Wildman–Crippen MR) is 113 cm³/mol. The second kappa shape index (κ2) is 8.37. The van der Waals surface area contributed by atoms with Gasteiger partial charge in [0, 0.05) is 46.2 Å². The highest BCUT2D eigenvalue weighted by atomic mass is 16.2. The highest BCUT2D eigenvalue weighted by Gasteiger charge is 2.44. The highest BCUT2D eigenvalue weighted by Crippen LogP contribution is 2.38. The second-order valence-corrected chi connectivity index (χ2v) is 8.26. The number of hydrogen-bond acceptors (Lipinski definition) is 3. The van der Waals surface area contributed by atoms with Gasteiger partial charge in [0.15, 0.2) is 0 Å². The first-order chi connectivity index (χ1) is 14.0. The molecule has 0 N–H and O–H groups in total. The van der Waals surface area contributed by atoms with E-state index in [1.54, 1.807) is 4.90 Å². The van der Waals surface area contributed by atoms with E-state index in [2.05, 4.69) is 41.3 Å². The molecule has 0 aromatic heterocycles. The van der Waals surface area contributed by atoms with Gasteiger partial charge in [0.25, 0.3) is 0 Å². The van der Waals surface area contributed by atoms with Crippen molar-refractivity contribution in [3.63, 3.8) is 0 Å². The lowest BCUT2D eigenvalue weighted by atomic mass is 9.91. The molecule has 5 nitrogen and oxygen atoms in total. The lowest BCUT2D eigenvalue weighted by molar-refractivity contribution is -0.138. The van der Waals surface area contributed by atoms with Gasteiger partial charge in [-0.15, -0.1) is 0 Å². The summed E-state index contributed by atoms with van der Waals surface area (Å²) in [6.45, 7) is 6.14. The van der Waals surface area contributed by atoms with Crippen LogP contribution in [0.3, 0.4) is 0 Å². The Morgan fingerprint density at radius 1 is 0.966 bits per heavy atom. The third-order valence-corrected chi connectivity index (χ3v) is 6.26. The number of rotatable bonds is 4.